The molecule has 1 aliphatic rings. The zero-order valence-corrected chi connectivity index (χ0v) is 6.10. The smallest absolute Gasteiger partial charge is 0.221 e. The first kappa shape index (κ1) is 6.72. The Kier molecular flexibility index (Phi) is 1.81. The van der Waals surface area contributed by atoms with E-state index < -0.39 is 0 Å². The monoisotopic (exact) mass is 153 g/mol. The second kappa shape index (κ2) is 2.96. The SMILES string of the molecule is [c]1nnnn1C[C@@H]1CCCO1. The minimum atomic E-state index is 0.287. The van der Waals surface area contributed by atoms with Gasteiger partial charge in [0.05, 0.1) is 12.6 Å². The molecular weight excluding hydrogens is 144 g/mol. The van der Waals surface area contributed by atoms with Crippen LogP contribution in [0.2, 0.25) is 0 Å². The highest BCUT2D eigenvalue weighted by Crippen LogP contribution is 2.12. The van der Waals surface area contributed by atoms with E-state index in [0.29, 0.717) is 0 Å². The van der Waals surface area contributed by atoms with E-state index in [1.54, 1.807) is 4.68 Å². The van der Waals surface area contributed by atoms with Crippen LogP contribution in [0.15, 0.2) is 0 Å². The number of hydrogen-bond donors (Lipinski definition) is 0. The van der Waals surface area contributed by atoms with Gasteiger partial charge in [-0.3, -0.25) is 0 Å². The Morgan fingerprint density at radius 2 is 2.64 bits per heavy atom. The molecule has 1 aromatic heterocycles. The Labute approximate surface area is 64.3 Å². The van der Waals surface area contributed by atoms with Crippen LogP contribution in [-0.4, -0.2) is 32.9 Å². The van der Waals surface area contributed by atoms with Crippen LogP contribution in [0.5, 0.6) is 0 Å². The minimum Gasteiger partial charge on any atom is -0.376 e. The zero-order valence-electron chi connectivity index (χ0n) is 6.10. The lowest BCUT2D eigenvalue weighted by molar-refractivity contribution is 0.0932. The lowest BCUT2D eigenvalue weighted by Gasteiger charge is -2.06. The van der Waals surface area contributed by atoms with Crippen LogP contribution in [0.4, 0.5) is 0 Å². The van der Waals surface area contributed by atoms with Gasteiger partial charge in [-0.25, -0.2) is 4.68 Å². The van der Waals surface area contributed by atoms with Crippen LogP contribution in [0, 0.1) is 6.33 Å². The van der Waals surface area contributed by atoms with E-state index in [4.69, 9.17) is 4.74 Å². The highest BCUT2D eigenvalue weighted by Gasteiger charge is 2.16. The average molecular weight is 153 g/mol. The Morgan fingerprint density at radius 1 is 1.64 bits per heavy atom. The normalized spacial score (nSPS) is 24.2. The van der Waals surface area contributed by atoms with Gasteiger partial charge in [-0.05, 0) is 23.3 Å². The molecule has 1 saturated heterocycles. The van der Waals surface area contributed by atoms with Gasteiger partial charge in [0, 0.05) is 6.61 Å². The van der Waals surface area contributed by atoms with Crippen molar-refractivity contribution in [1.82, 2.24) is 20.2 Å². The molecule has 0 saturated carbocycles. The van der Waals surface area contributed by atoms with E-state index in [0.717, 1.165) is 26.0 Å². The predicted octanol–water partition coefficient (Wildman–Crippen LogP) is -0.348. The molecule has 1 aliphatic heterocycles. The summed E-state index contributed by atoms with van der Waals surface area (Å²) in [6.07, 6.45) is 5.17. The summed E-state index contributed by atoms with van der Waals surface area (Å²) in [6.45, 7) is 1.60. The van der Waals surface area contributed by atoms with Crippen LogP contribution < -0.4 is 0 Å². The maximum absolute atomic E-state index is 5.39. The van der Waals surface area contributed by atoms with E-state index in [1.165, 1.54) is 0 Å². The largest absolute Gasteiger partial charge is 0.376 e. The number of hydrogen-bond acceptors (Lipinski definition) is 4. The van der Waals surface area contributed by atoms with E-state index in [9.17, 15) is 0 Å². The summed E-state index contributed by atoms with van der Waals surface area (Å²) in [4.78, 5) is 0. The molecule has 1 radical (unpaired) electrons. The van der Waals surface area contributed by atoms with Crippen LogP contribution in [-0.2, 0) is 11.3 Å². The second-order valence-electron chi connectivity index (χ2n) is 2.60. The molecule has 11 heavy (non-hydrogen) atoms. The topological polar surface area (TPSA) is 52.8 Å². The van der Waals surface area contributed by atoms with Gasteiger partial charge in [0.2, 0.25) is 6.33 Å². The van der Waals surface area contributed by atoms with Gasteiger partial charge in [0.1, 0.15) is 0 Å². The van der Waals surface area contributed by atoms with Crippen molar-refractivity contribution in [2.24, 2.45) is 0 Å². The molecule has 0 amide bonds. The molecule has 0 bridgehead atoms. The van der Waals surface area contributed by atoms with Crippen molar-refractivity contribution in [1.29, 1.82) is 0 Å². The van der Waals surface area contributed by atoms with Crippen LogP contribution in [0.1, 0.15) is 12.8 Å². The summed E-state index contributed by atoms with van der Waals surface area (Å²) in [5.74, 6) is 0. The molecule has 59 valence electrons. The third kappa shape index (κ3) is 1.54. The maximum atomic E-state index is 5.39. The van der Waals surface area contributed by atoms with Gasteiger partial charge in [0.25, 0.3) is 0 Å². The van der Waals surface area contributed by atoms with Gasteiger partial charge < -0.3 is 4.74 Å². The van der Waals surface area contributed by atoms with Crippen molar-refractivity contribution in [3.8, 4) is 0 Å². The molecule has 0 aliphatic carbocycles. The Morgan fingerprint density at radius 3 is 3.27 bits per heavy atom. The van der Waals surface area contributed by atoms with E-state index >= 15 is 0 Å². The Bertz CT molecular complexity index is 204. The number of ether oxygens (including phenoxy) is 1. The Balaban J connectivity index is 1.90. The van der Waals surface area contributed by atoms with Crippen molar-refractivity contribution < 1.29 is 4.74 Å². The summed E-state index contributed by atoms with van der Waals surface area (Å²) in [7, 11) is 0. The second-order valence-corrected chi connectivity index (χ2v) is 2.60. The summed E-state index contributed by atoms with van der Waals surface area (Å²) in [6, 6.07) is 0. The van der Waals surface area contributed by atoms with E-state index in [2.05, 4.69) is 21.9 Å². The number of rotatable bonds is 2. The van der Waals surface area contributed by atoms with Crippen molar-refractivity contribution in [3.05, 3.63) is 6.33 Å². The highest BCUT2D eigenvalue weighted by molar-refractivity contribution is 4.64. The molecule has 0 spiro atoms. The maximum Gasteiger partial charge on any atom is 0.221 e. The fourth-order valence-electron chi connectivity index (χ4n) is 1.22. The summed E-state index contributed by atoms with van der Waals surface area (Å²) in [5, 5.41) is 10.6. The van der Waals surface area contributed by atoms with Gasteiger partial charge in [-0.1, -0.05) is 0 Å². The first-order chi connectivity index (χ1) is 5.45. The van der Waals surface area contributed by atoms with Gasteiger partial charge in [0.15, 0.2) is 0 Å². The lowest BCUT2D eigenvalue weighted by atomic mass is 10.2. The fraction of sp³-hybridized carbons (Fsp3) is 0.833. The van der Waals surface area contributed by atoms with Gasteiger partial charge >= 0.3 is 0 Å². The molecule has 1 atom stereocenters. The quantitative estimate of drug-likeness (QED) is 0.583. The third-order valence-electron chi connectivity index (χ3n) is 1.75. The molecule has 0 N–H and O–H groups in total. The molecule has 5 heteroatoms. The molecule has 0 aromatic carbocycles. The molecule has 2 rings (SSSR count). The van der Waals surface area contributed by atoms with E-state index in [1.807, 2.05) is 0 Å². The number of nitrogens with zero attached hydrogens (tertiary/aromatic N) is 4. The first-order valence-corrected chi connectivity index (χ1v) is 3.70. The van der Waals surface area contributed by atoms with E-state index in [-0.39, 0.29) is 6.10 Å². The van der Waals surface area contributed by atoms with Crippen LogP contribution in [0.25, 0.3) is 0 Å². The lowest BCUT2D eigenvalue weighted by Crippen LogP contribution is -2.15. The molecule has 2 heterocycles. The molecule has 1 fully saturated rings. The standard InChI is InChI=1S/C6H9N4O/c1-2-6(11-3-1)4-10-5-7-8-9-10/h6H,1-4H2/t6-/m0/s1. The fourth-order valence-corrected chi connectivity index (χ4v) is 1.22. The average Bonchev–Trinajstić information content (AvgIpc) is 2.60. The minimum absolute atomic E-state index is 0.287. The van der Waals surface area contributed by atoms with Crippen molar-refractivity contribution >= 4 is 0 Å². The summed E-state index contributed by atoms with van der Waals surface area (Å²) in [5.41, 5.74) is 0. The molecular formula is C6H9N4O. The zero-order chi connectivity index (χ0) is 7.52. The first-order valence-electron chi connectivity index (χ1n) is 3.70. The van der Waals surface area contributed by atoms with Crippen molar-refractivity contribution in [2.45, 2.75) is 25.5 Å². The molecule has 0 unspecified atom stereocenters. The summed E-state index contributed by atoms with van der Waals surface area (Å²) < 4.78 is 6.97. The summed E-state index contributed by atoms with van der Waals surface area (Å²) >= 11 is 0. The van der Waals surface area contributed by atoms with Crippen LogP contribution in [0.3, 0.4) is 0 Å². The number of tetrazole rings is 1. The third-order valence-corrected chi connectivity index (χ3v) is 1.75. The van der Waals surface area contributed by atoms with Crippen LogP contribution >= 0.6 is 0 Å². The predicted molar refractivity (Wildman–Crippen MR) is 35.6 cm³/mol. The molecule has 1 aromatic rings. The highest BCUT2D eigenvalue weighted by atomic mass is 16.5. The van der Waals surface area contributed by atoms with Gasteiger partial charge in [-0.2, -0.15) is 0 Å². The molecule has 5 nitrogen and oxygen atoms in total. The van der Waals surface area contributed by atoms with Crippen molar-refractivity contribution in [2.75, 3.05) is 6.61 Å². The van der Waals surface area contributed by atoms with Gasteiger partial charge in [-0.15, -0.1) is 5.10 Å². The van der Waals surface area contributed by atoms with Crippen molar-refractivity contribution in [3.63, 3.8) is 0 Å². The Hall–Kier alpha value is -0.970. The number of aromatic nitrogens is 4.